The molecule has 6 heteroatoms. The van der Waals surface area contributed by atoms with Crippen molar-refractivity contribution < 1.29 is 10.0 Å². The summed E-state index contributed by atoms with van der Waals surface area (Å²) < 4.78 is 1.58. The maximum absolute atomic E-state index is 8.79. The predicted molar refractivity (Wildman–Crippen MR) is 51.5 cm³/mol. The fourth-order valence-electron chi connectivity index (χ4n) is 1.21. The largest absolute Gasteiger partial charge is 0.457 e. The standard InChI is InChI=1S/C7H12BClN2O2/c1-3-5-7(9)6(4-8(12)13)11(2)10-5/h12-13H,3-4H2,1-2H3. The maximum Gasteiger partial charge on any atom is 0.457 e. The van der Waals surface area contributed by atoms with E-state index in [1.165, 1.54) is 0 Å². The van der Waals surface area contributed by atoms with Crippen LogP contribution >= 0.6 is 11.6 Å². The van der Waals surface area contributed by atoms with E-state index in [1.54, 1.807) is 11.7 Å². The molecule has 1 rings (SSSR count). The molecule has 1 heterocycles. The van der Waals surface area contributed by atoms with Crippen molar-refractivity contribution >= 4 is 18.7 Å². The summed E-state index contributed by atoms with van der Waals surface area (Å²) in [5.74, 6) is 0. The van der Waals surface area contributed by atoms with Crippen molar-refractivity contribution in [2.24, 2.45) is 7.05 Å². The zero-order chi connectivity index (χ0) is 10.0. The van der Waals surface area contributed by atoms with Crippen LogP contribution < -0.4 is 0 Å². The molecule has 0 atom stereocenters. The molecule has 0 aliphatic carbocycles. The van der Waals surface area contributed by atoms with E-state index in [0.29, 0.717) is 10.7 Å². The molecule has 0 amide bonds. The summed E-state index contributed by atoms with van der Waals surface area (Å²) in [5.41, 5.74) is 1.45. The summed E-state index contributed by atoms with van der Waals surface area (Å²) in [7, 11) is 0.362. The Labute approximate surface area is 82.3 Å². The summed E-state index contributed by atoms with van der Waals surface area (Å²) in [6, 6.07) is 0. The third-order valence-electron chi connectivity index (χ3n) is 1.88. The molecule has 0 saturated carbocycles. The number of hydrogen-bond donors (Lipinski definition) is 2. The predicted octanol–water partition coefficient (Wildman–Crippen LogP) is 0.190. The first-order valence-corrected chi connectivity index (χ1v) is 4.50. The Morgan fingerprint density at radius 2 is 2.15 bits per heavy atom. The van der Waals surface area contributed by atoms with Gasteiger partial charge in [-0.1, -0.05) is 18.5 Å². The van der Waals surface area contributed by atoms with E-state index in [-0.39, 0.29) is 6.32 Å². The summed E-state index contributed by atoms with van der Waals surface area (Å²) >= 11 is 5.97. The Kier molecular flexibility index (Phi) is 3.36. The minimum Gasteiger partial charge on any atom is -0.427 e. The lowest BCUT2D eigenvalue weighted by molar-refractivity contribution is 0.403. The van der Waals surface area contributed by atoms with Gasteiger partial charge in [-0.3, -0.25) is 4.68 Å². The number of aryl methyl sites for hydroxylation is 2. The first-order chi connectivity index (χ1) is 6.06. The van der Waals surface area contributed by atoms with Crippen LogP contribution in [0.4, 0.5) is 0 Å². The van der Waals surface area contributed by atoms with Gasteiger partial charge < -0.3 is 10.0 Å². The third-order valence-corrected chi connectivity index (χ3v) is 2.32. The van der Waals surface area contributed by atoms with Crippen LogP contribution in [0, 0.1) is 0 Å². The topological polar surface area (TPSA) is 58.3 Å². The minimum absolute atomic E-state index is 0.113. The minimum atomic E-state index is -1.38. The molecule has 13 heavy (non-hydrogen) atoms. The van der Waals surface area contributed by atoms with Crippen LogP contribution in [-0.2, 0) is 19.8 Å². The Balaban J connectivity index is 2.98. The lowest BCUT2D eigenvalue weighted by atomic mass is 9.84. The summed E-state index contributed by atoms with van der Waals surface area (Å²) in [4.78, 5) is 0. The molecule has 0 saturated heterocycles. The fourth-order valence-corrected chi connectivity index (χ4v) is 1.59. The molecule has 0 aliphatic heterocycles. The van der Waals surface area contributed by atoms with E-state index in [9.17, 15) is 0 Å². The molecule has 0 bridgehead atoms. The molecule has 0 unspecified atom stereocenters. The van der Waals surface area contributed by atoms with E-state index in [2.05, 4.69) is 5.10 Å². The number of aromatic nitrogens is 2. The summed E-state index contributed by atoms with van der Waals surface area (Å²) in [6.07, 6.45) is 0.858. The van der Waals surface area contributed by atoms with Crippen LogP contribution in [0.2, 0.25) is 5.02 Å². The van der Waals surface area contributed by atoms with Crippen molar-refractivity contribution in [1.29, 1.82) is 0 Å². The van der Waals surface area contributed by atoms with Gasteiger partial charge in [0.1, 0.15) is 0 Å². The van der Waals surface area contributed by atoms with E-state index in [0.717, 1.165) is 12.1 Å². The monoisotopic (exact) mass is 202 g/mol. The number of nitrogens with zero attached hydrogens (tertiary/aromatic N) is 2. The molecule has 1 aromatic heterocycles. The highest BCUT2D eigenvalue weighted by Gasteiger charge is 2.18. The lowest BCUT2D eigenvalue weighted by Crippen LogP contribution is -2.17. The highest BCUT2D eigenvalue weighted by molar-refractivity contribution is 6.41. The van der Waals surface area contributed by atoms with Gasteiger partial charge in [0.25, 0.3) is 0 Å². The van der Waals surface area contributed by atoms with E-state index < -0.39 is 7.12 Å². The van der Waals surface area contributed by atoms with Crippen molar-refractivity contribution in [2.45, 2.75) is 19.7 Å². The van der Waals surface area contributed by atoms with Crippen LogP contribution in [0.15, 0.2) is 0 Å². The lowest BCUT2D eigenvalue weighted by Gasteiger charge is -2.00. The normalized spacial score (nSPS) is 10.5. The third kappa shape index (κ3) is 2.24. The number of rotatable bonds is 3. The zero-order valence-electron chi connectivity index (χ0n) is 7.66. The molecule has 0 fully saturated rings. The van der Waals surface area contributed by atoms with Gasteiger partial charge in [-0.05, 0) is 6.42 Å². The van der Waals surface area contributed by atoms with E-state index in [4.69, 9.17) is 21.6 Å². The maximum atomic E-state index is 8.79. The summed E-state index contributed by atoms with van der Waals surface area (Å²) in [5, 5.41) is 22.3. The van der Waals surface area contributed by atoms with Gasteiger partial charge in [0.2, 0.25) is 0 Å². The van der Waals surface area contributed by atoms with Crippen molar-refractivity contribution in [3.63, 3.8) is 0 Å². The molecule has 1 aromatic rings. The van der Waals surface area contributed by atoms with Crippen LogP contribution in [0.5, 0.6) is 0 Å². The second-order valence-electron chi connectivity index (χ2n) is 2.87. The SMILES string of the molecule is CCc1nn(C)c(CB(O)O)c1Cl. The van der Waals surface area contributed by atoms with Gasteiger partial charge in [0.15, 0.2) is 0 Å². The van der Waals surface area contributed by atoms with E-state index in [1.807, 2.05) is 6.92 Å². The van der Waals surface area contributed by atoms with Gasteiger partial charge in [-0.2, -0.15) is 5.10 Å². The summed E-state index contributed by atoms with van der Waals surface area (Å²) in [6.45, 7) is 1.95. The van der Waals surface area contributed by atoms with Gasteiger partial charge in [0.05, 0.1) is 16.4 Å². The molecular formula is C7H12BClN2O2. The van der Waals surface area contributed by atoms with Gasteiger partial charge in [-0.25, -0.2) is 0 Å². The molecule has 2 N–H and O–H groups in total. The van der Waals surface area contributed by atoms with Gasteiger partial charge >= 0.3 is 7.12 Å². The molecule has 0 radical (unpaired) electrons. The second kappa shape index (κ2) is 4.13. The molecule has 0 aliphatic rings. The quantitative estimate of drug-likeness (QED) is 0.688. The first-order valence-electron chi connectivity index (χ1n) is 4.12. The van der Waals surface area contributed by atoms with Crippen molar-refractivity contribution in [2.75, 3.05) is 0 Å². The smallest absolute Gasteiger partial charge is 0.427 e. The Morgan fingerprint density at radius 3 is 2.54 bits per heavy atom. The average molecular weight is 202 g/mol. The second-order valence-corrected chi connectivity index (χ2v) is 3.25. The highest BCUT2D eigenvalue weighted by atomic mass is 35.5. The molecule has 0 spiro atoms. The average Bonchev–Trinajstić information content (AvgIpc) is 2.31. The van der Waals surface area contributed by atoms with Crippen LogP contribution in [0.25, 0.3) is 0 Å². The van der Waals surface area contributed by atoms with Gasteiger partial charge in [-0.15, -0.1) is 0 Å². The van der Waals surface area contributed by atoms with Crippen LogP contribution in [-0.4, -0.2) is 26.9 Å². The number of halogens is 1. The van der Waals surface area contributed by atoms with Gasteiger partial charge in [0, 0.05) is 13.4 Å². The van der Waals surface area contributed by atoms with Crippen molar-refractivity contribution in [1.82, 2.24) is 9.78 Å². The van der Waals surface area contributed by atoms with Crippen LogP contribution in [0.1, 0.15) is 18.3 Å². The molecule has 0 aromatic carbocycles. The van der Waals surface area contributed by atoms with E-state index >= 15 is 0 Å². The Hall–Kier alpha value is -0.515. The first kappa shape index (κ1) is 10.6. The molecular weight excluding hydrogens is 190 g/mol. The van der Waals surface area contributed by atoms with Crippen LogP contribution in [0.3, 0.4) is 0 Å². The Morgan fingerprint density at radius 1 is 1.54 bits per heavy atom. The highest BCUT2D eigenvalue weighted by Crippen LogP contribution is 2.21. The fraction of sp³-hybridized carbons (Fsp3) is 0.571. The van der Waals surface area contributed by atoms with Crippen molar-refractivity contribution in [3.8, 4) is 0 Å². The number of hydrogen-bond acceptors (Lipinski definition) is 3. The zero-order valence-corrected chi connectivity index (χ0v) is 8.41. The van der Waals surface area contributed by atoms with Crippen molar-refractivity contribution in [3.05, 3.63) is 16.4 Å². The molecule has 72 valence electrons. The molecule has 4 nitrogen and oxygen atoms in total. The Bertz CT molecular complexity index is 301.